The van der Waals surface area contributed by atoms with Gasteiger partial charge < -0.3 is 9.64 Å². The Morgan fingerprint density at radius 1 is 1.47 bits per heavy atom. The number of rotatable bonds is 1. The zero-order valence-corrected chi connectivity index (χ0v) is 11.9. The molecule has 0 radical (unpaired) electrons. The summed E-state index contributed by atoms with van der Waals surface area (Å²) in [5.41, 5.74) is 0.368. The van der Waals surface area contributed by atoms with Gasteiger partial charge in [0, 0.05) is 11.0 Å². The van der Waals surface area contributed by atoms with Crippen molar-refractivity contribution in [2.75, 3.05) is 18.1 Å². The molecular weight excluding hydrogens is 282 g/mol. The van der Waals surface area contributed by atoms with Crippen molar-refractivity contribution >= 4 is 27.5 Å². The van der Waals surface area contributed by atoms with E-state index < -0.39 is 5.41 Å². The Bertz CT molecular complexity index is 457. The number of nitrogens with zero attached hydrogens (tertiary/aromatic N) is 1. The number of carbonyl (C=O) groups excluding carboxylic acids is 1. The molecule has 1 heterocycles. The fourth-order valence-corrected chi connectivity index (χ4v) is 2.28. The van der Waals surface area contributed by atoms with Gasteiger partial charge in [0.1, 0.15) is 12.4 Å². The summed E-state index contributed by atoms with van der Waals surface area (Å²) < 4.78 is 6.71. The number of ether oxygens (including phenoxy) is 1. The van der Waals surface area contributed by atoms with Crippen molar-refractivity contribution in [2.24, 2.45) is 5.41 Å². The minimum Gasteiger partial charge on any atom is -0.490 e. The van der Waals surface area contributed by atoms with Crippen molar-refractivity contribution in [3.8, 4) is 5.75 Å². The SMILES string of the molecule is CCN1C(=O)C(C)(C)COc2cc(Br)ccc21. The van der Waals surface area contributed by atoms with Crippen LogP contribution in [0.5, 0.6) is 5.75 Å². The van der Waals surface area contributed by atoms with Crippen LogP contribution in [0.15, 0.2) is 22.7 Å². The Balaban J connectivity index is 2.52. The lowest BCUT2D eigenvalue weighted by atomic mass is 9.93. The summed E-state index contributed by atoms with van der Waals surface area (Å²) in [6.45, 7) is 6.87. The van der Waals surface area contributed by atoms with Crippen LogP contribution in [0.2, 0.25) is 0 Å². The predicted molar refractivity (Wildman–Crippen MR) is 71.4 cm³/mol. The summed E-state index contributed by atoms with van der Waals surface area (Å²) in [4.78, 5) is 14.2. The highest BCUT2D eigenvalue weighted by atomic mass is 79.9. The molecule has 0 atom stereocenters. The maximum atomic E-state index is 12.4. The molecule has 0 saturated carbocycles. The third-order valence-electron chi connectivity index (χ3n) is 2.94. The van der Waals surface area contributed by atoms with Gasteiger partial charge in [-0.15, -0.1) is 0 Å². The van der Waals surface area contributed by atoms with Crippen LogP contribution in [-0.2, 0) is 4.79 Å². The van der Waals surface area contributed by atoms with Crippen LogP contribution in [0.25, 0.3) is 0 Å². The van der Waals surface area contributed by atoms with Crippen LogP contribution < -0.4 is 9.64 Å². The Labute approximate surface area is 110 Å². The van der Waals surface area contributed by atoms with E-state index in [1.165, 1.54) is 0 Å². The number of hydrogen-bond acceptors (Lipinski definition) is 2. The van der Waals surface area contributed by atoms with Gasteiger partial charge in [-0.3, -0.25) is 4.79 Å². The molecule has 3 nitrogen and oxygen atoms in total. The summed E-state index contributed by atoms with van der Waals surface area (Å²) >= 11 is 3.42. The third-order valence-corrected chi connectivity index (χ3v) is 3.43. The summed E-state index contributed by atoms with van der Waals surface area (Å²) in [5.74, 6) is 0.876. The fourth-order valence-electron chi connectivity index (χ4n) is 1.94. The van der Waals surface area contributed by atoms with Gasteiger partial charge >= 0.3 is 0 Å². The molecule has 1 aliphatic rings. The molecule has 17 heavy (non-hydrogen) atoms. The fraction of sp³-hybridized carbons (Fsp3) is 0.462. The summed E-state index contributed by atoms with van der Waals surface area (Å²) in [6, 6.07) is 5.76. The molecule has 1 aliphatic heterocycles. The molecule has 4 heteroatoms. The van der Waals surface area contributed by atoms with E-state index in [2.05, 4.69) is 15.9 Å². The van der Waals surface area contributed by atoms with E-state index in [1.807, 2.05) is 39.0 Å². The molecule has 1 aromatic rings. The topological polar surface area (TPSA) is 29.5 Å². The maximum absolute atomic E-state index is 12.4. The number of hydrogen-bond donors (Lipinski definition) is 0. The number of anilines is 1. The number of amides is 1. The van der Waals surface area contributed by atoms with Crippen molar-refractivity contribution < 1.29 is 9.53 Å². The largest absolute Gasteiger partial charge is 0.490 e. The minimum atomic E-state index is -0.485. The lowest BCUT2D eigenvalue weighted by molar-refractivity contribution is -0.127. The number of carbonyl (C=O) groups is 1. The first-order valence-corrected chi connectivity index (χ1v) is 6.49. The van der Waals surface area contributed by atoms with Crippen molar-refractivity contribution in [2.45, 2.75) is 20.8 Å². The van der Waals surface area contributed by atoms with Gasteiger partial charge in [-0.1, -0.05) is 15.9 Å². The van der Waals surface area contributed by atoms with E-state index in [0.29, 0.717) is 13.2 Å². The van der Waals surface area contributed by atoms with Crippen molar-refractivity contribution in [1.29, 1.82) is 0 Å². The second-order valence-electron chi connectivity index (χ2n) is 4.83. The highest BCUT2D eigenvalue weighted by Crippen LogP contribution is 2.37. The standard InChI is InChI=1S/C13H16BrNO2/c1-4-15-10-6-5-9(14)7-11(10)17-8-13(2,3)12(15)16/h5-7H,4,8H2,1-3H3. The lowest BCUT2D eigenvalue weighted by Gasteiger charge is -2.26. The quantitative estimate of drug-likeness (QED) is 0.796. The van der Waals surface area contributed by atoms with Crippen LogP contribution >= 0.6 is 15.9 Å². The molecule has 0 N–H and O–H groups in total. The van der Waals surface area contributed by atoms with Crippen LogP contribution in [0.4, 0.5) is 5.69 Å². The Hall–Kier alpha value is -1.03. The van der Waals surface area contributed by atoms with Crippen LogP contribution in [0.3, 0.4) is 0 Å². The Morgan fingerprint density at radius 2 is 2.18 bits per heavy atom. The molecule has 0 unspecified atom stereocenters. The van der Waals surface area contributed by atoms with E-state index in [-0.39, 0.29) is 5.91 Å². The molecule has 2 rings (SSSR count). The molecule has 92 valence electrons. The summed E-state index contributed by atoms with van der Waals surface area (Å²) in [6.07, 6.45) is 0. The van der Waals surface area contributed by atoms with E-state index in [0.717, 1.165) is 15.9 Å². The average molecular weight is 298 g/mol. The van der Waals surface area contributed by atoms with Crippen LogP contribution in [0, 0.1) is 5.41 Å². The Kier molecular flexibility index (Phi) is 3.17. The first kappa shape index (κ1) is 12.4. The van der Waals surface area contributed by atoms with Crippen molar-refractivity contribution in [3.05, 3.63) is 22.7 Å². The third kappa shape index (κ3) is 2.18. The number of benzene rings is 1. The molecule has 0 bridgehead atoms. The predicted octanol–water partition coefficient (Wildman–Crippen LogP) is 3.22. The van der Waals surface area contributed by atoms with Gasteiger partial charge in [0.2, 0.25) is 5.91 Å². The smallest absolute Gasteiger partial charge is 0.236 e. The van der Waals surface area contributed by atoms with Crippen molar-refractivity contribution in [1.82, 2.24) is 0 Å². The van der Waals surface area contributed by atoms with Gasteiger partial charge in [0.15, 0.2) is 0 Å². The van der Waals surface area contributed by atoms with Crippen LogP contribution in [0.1, 0.15) is 20.8 Å². The molecule has 0 aromatic heterocycles. The lowest BCUT2D eigenvalue weighted by Crippen LogP contribution is -2.42. The van der Waals surface area contributed by atoms with Gasteiger partial charge in [-0.2, -0.15) is 0 Å². The Morgan fingerprint density at radius 3 is 2.82 bits per heavy atom. The molecule has 0 fully saturated rings. The molecule has 0 aliphatic carbocycles. The van der Waals surface area contributed by atoms with E-state index in [9.17, 15) is 4.79 Å². The molecular formula is C13H16BrNO2. The molecule has 1 amide bonds. The van der Waals surface area contributed by atoms with E-state index in [4.69, 9.17) is 4.74 Å². The average Bonchev–Trinajstić information content (AvgIpc) is 2.37. The summed E-state index contributed by atoms with van der Waals surface area (Å²) in [5, 5.41) is 0. The second-order valence-corrected chi connectivity index (χ2v) is 5.75. The monoisotopic (exact) mass is 297 g/mol. The minimum absolute atomic E-state index is 0.112. The second kappa shape index (κ2) is 4.33. The van der Waals surface area contributed by atoms with Crippen molar-refractivity contribution in [3.63, 3.8) is 0 Å². The number of halogens is 1. The first-order valence-electron chi connectivity index (χ1n) is 5.70. The molecule has 0 saturated heterocycles. The molecule has 1 aromatic carbocycles. The number of fused-ring (bicyclic) bond motifs is 1. The zero-order valence-electron chi connectivity index (χ0n) is 10.3. The highest BCUT2D eigenvalue weighted by Gasteiger charge is 2.36. The zero-order chi connectivity index (χ0) is 12.6. The van der Waals surface area contributed by atoms with E-state index in [1.54, 1.807) is 4.90 Å². The van der Waals surface area contributed by atoms with Crippen LogP contribution in [-0.4, -0.2) is 19.1 Å². The molecule has 0 spiro atoms. The van der Waals surface area contributed by atoms with Gasteiger partial charge in [0.05, 0.1) is 11.1 Å². The van der Waals surface area contributed by atoms with Gasteiger partial charge in [-0.05, 0) is 39.0 Å². The van der Waals surface area contributed by atoms with E-state index >= 15 is 0 Å². The first-order chi connectivity index (χ1) is 7.95. The normalized spacial score (nSPS) is 18.4. The van der Waals surface area contributed by atoms with Gasteiger partial charge in [-0.25, -0.2) is 0 Å². The highest BCUT2D eigenvalue weighted by molar-refractivity contribution is 9.10. The maximum Gasteiger partial charge on any atom is 0.236 e. The van der Waals surface area contributed by atoms with Gasteiger partial charge in [0.25, 0.3) is 0 Å². The summed E-state index contributed by atoms with van der Waals surface area (Å²) in [7, 11) is 0.